The zero-order chi connectivity index (χ0) is 18.9. The van der Waals surface area contributed by atoms with Gasteiger partial charge in [0.15, 0.2) is 11.7 Å². The van der Waals surface area contributed by atoms with E-state index in [1.165, 1.54) is 7.11 Å². The van der Waals surface area contributed by atoms with Gasteiger partial charge in [-0.1, -0.05) is 31.1 Å². The van der Waals surface area contributed by atoms with Crippen LogP contribution in [0.5, 0.6) is 0 Å². The lowest BCUT2D eigenvalue weighted by Gasteiger charge is -2.11. The minimum absolute atomic E-state index is 0.335. The summed E-state index contributed by atoms with van der Waals surface area (Å²) >= 11 is 0. The number of aliphatic imine (C=N–C) groups is 1. The normalized spacial score (nSPS) is 11.3. The second kappa shape index (κ2) is 9.45. The molecule has 1 amide bonds. The molecule has 2 aromatic rings. The molecular weight excluding hydrogens is 334 g/mol. The van der Waals surface area contributed by atoms with Gasteiger partial charge in [-0.3, -0.25) is 10.3 Å². The van der Waals surface area contributed by atoms with Crippen molar-refractivity contribution in [3.63, 3.8) is 0 Å². The number of hydrogen-bond acceptors (Lipinski definition) is 5. The van der Waals surface area contributed by atoms with Crippen molar-refractivity contribution in [1.82, 2.24) is 15.8 Å². The molecule has 3 N–H and O–H groups in total. The van der Waals surface area contributed by atoms with Crippen molar-refractivity contribution in [1.29, 1.82) is 0 Å². The standard InChI is InChI=1S/C18H25N5O3/c1-12(2)16-9-15(26-23-16)11-21-17(19-3)20-10-13-5-7-14(8-6-13)22-18(24)25-4/h5-9,12H,10-11H2,1-4H3,(H,22,24)(H2,19,20,21). The van der Waals surface area contributed by atoms with Crippen molar-refractivity contribution in [2.24, 2.45) is 4.99 Å². The Balaban J connectivity index is 1.81. The van der Waals surface area contributed by atoms with Crippen LogP contribution in [0.15, 0.2) is 39.8 Å². The van der Waals surface area contributed by atoms with E-state index in [2.05, 4.69) is 44.7 Å². The lowest BCUT2D eigenvalue weighted by Crippen LogP contribution is -2.36. The molecule has 0 radical (unpaired) electrons. The van der Waals surface area contributed by atoms with E-state index in [4.69, 9.17) is 4.52 Å². The molecule has 26 heavy (non-hydrogen) atoms. The van der Waals surface area contributed by atoms with E-state index in [9.17, 15) is 4.79 Å². The second-order valence-corrected chi connectivity index (χ2v) is 5.97. The molecule has 1 aromatic carbocycles. The predicted molar refractivity (Wildman–Crippen MR) is 100 cm³/mol. The Labute approximate surface area is 153 Å². The average molecular weight is 359 g/mol. The first-order valence-electron chi connectivity index (χ1n) is 8.35. The van der Waals surface area contributed by atoms with Crippen LogP contribution in [0.25, 0.3) is 0 Å². The molecule has 1 heterocycles. The molecule has 8 nitrogen and oxygen atoms in total. The molecular formula is C18H25N5O3. The third-order valence-corrected chi connectivity index (χ3v) is 3.67. The first-order valence-corrected chi connectivity index (χ1v) is 8.35. The molecule has 8 heteroatoms. The Morgan fingerprint density at radius 1 is 1.23 bits per heavy atom. The number of carbonyl (C=O) groups excluding carboxylic acids is 1. The molecule has 0 saturated carbocycles. The highest BCUT2D eigenvalue weighted by Gasteiger charge is 2.08. The summed E-state index contributed by atoms with van der Waals surface area (Å²) in [5, 5.41) is 13.0. The molecule has 0 aliphatic carbocycles. The van der Waals surface area contributed by atoms with Gasteiger partial charge in [-0.15, -0.1) is 0 Å². The number of rotatable bonds is 6. The summed E-state index contributed by atoms with van der Waals surface area (Å²) in [4.78, 5) is 15.4. The first-order chi connectivity index (χ1) is 12.5. The highest BCUT2D eigenvalue weighted by atomic mass is 16.5. The summed E-state index contributed by atoms with van der Waals surface area (Å²) in [6.45, 7) is 5.23. The molecule has 1 aromatic heterocycles. The maximum absolute atomic E-state index is 11.2. The first kappa shape index (κ1) is 19.3. The minimum atomic E-state index is -0.492. The molecule has 0 fully saturated rings. The van der Waals surface area contributed by atoms with Gasteiger partial charge in [-0.25, -0.2) is 4.79 Å². The lowest BCUT2D eigenvalue weighted by molar-refractivity contribution is 0.187. The van der Waals surface area contributed by atoms with Gasteiger partial charge in [-0.2, -0.15) is 0 Å². The smallest absolute Gasteiger partial charge is 0.411 e. The van der Waals surface area contributed by atoms with Crippen molar-refractivity contribution >= 4 is 17.7 Å². The Bertz CT molecular complexity index is 738. The van der Waals surface area contributed by atoms with Crippen LogP contribution in [-0.2, 0) is 17.8 Å². The van der Waals surface area contributed by atoms with Gasteiger partial charge in [0.25, 0.3) is 0 Å². The van der Waals surface area contributed by atoms with Crippen LogP contribution in [0.3, 0.4) is 0 Å². The van der Waals surface area contributed by atoms with E-state index in [0.29, 0.717) is 30.7 Å². The number of amides is 1. The summed E-state index contributed by atoms with van der Waals surface area (Å²) in [7, 11) is 3.04. The summed E-state index contributed by atoms with van der Waals surface area (Å²) in [5.74, 6) is 1.75. The van der Waals surface area contributed by atoms with Crippen molar-refractivity contribution in [3.05, 3.63) is 47.3 Å². The molecule has 0 aliphatic heterocycles. The number of nitrogens with one attached hydrogen (secondary N) is 3. The van der Waals surface area contributed by atoms with Crippen LogP contribution in [0.2, 0.25) is 0 Å². The fraction of sp³-hybridized carbons (Fsp3) is 0.389. The van der Waals surface area contributed by atoms with Gasteiger partial charge in [0, 0.05) is 25.3 Å². The molecule has 0 bridgehead atoms. The van der Waals surface area contributed by atoms with E-state index in [1.54, 1.807) is 7.05 Å². The minimum Gasteiger partial charge on any atom is -0.453 e. The number of guanidine groups is 1. The maximum Gasteiger partial charge on any atom is 0.411 e. The third kappa shape index (κ3) is 5.80. The Hall–Kier alpha value is -3.03. The van der Waals surface area contributed by atoms with Crippen LogP contribution < -0.4 is 16.0 Å². The Morgan fingerprint density at radius 2 is 1.92 bits per heavy atom. The summed E-state index contributed by atoms with van der Waals surface area (Å²) in [6.07, 6.45) is -0.492. The predicted octanol–water partition coefficient (Wildman–Crippen LogP) is 2.84. The van der Waals surface area contributed by atoms with Gasteiger partial charge in [0.05, 0.1) is 19.3 Å². The maximum atomic E-state index is 11.2. The van der Waals surface area contributed by atoms with Crippen LogP contribution in [0.4, 0.5) is 10.5 Å². The SMILES string of the molecule is CN=C(NCc1ccc(NC(=O)OC)cc1)NCc1cc(C(C)C)no1. The van der Waals surface area contributed by atoms with Gasteiger partial charge in [-0.05, 0) is 23.6 Å². The number of methoxy groups -OCH3 is 1. The van der Waals surface area contributed by atoms with Gasteiger partial charge in [0.2, 0.25) is 0 Å². The van der Waals surface area contributed by atoms with Crippen LogP contribution in [0.1, 0.15) is 36.8 Å². The fourth-order valence-corrected chi connectivity index (χ4v) is 2.14. The van der Waals surface area contributed by atoms with Gasteiger partial charge >= 0.3 is 6.09 Å². The summed E-state index contributed by atoms with van der Waals surface area (Å²) in [5.41, 5.74) is 2.66. The van der Waals surface area contributed by atoms with Crippen LogP contribution in [0, 0.1) is 0 Å². The molecule has 0 unspecified atom stereocenters. The fourth-order valence-electron chi connectivity index (χ4n) is 2.14. The molecule has 0 aliphatic rings. The zero-order valence-electron chi connectivity index (χ0n) is 15.5. The number of aromatic nitrogens is 1. The molecule has 140 valence electrons. The van der Waals surface area contributed by atoms with E-state index in [0.717, 1.165) is 17.0 Å². The largest absolute Gasteiger partial charge is 0.453 e. The molecule has 0 atom stereocenters. The van der Waals surface area contributed by atoms with Crippen molar-refractivity contribution in [3.8, 4) is 0 Å². The van der Waals surface area contributed by atoms with E-state index >= 15 is 0 Å². The number of nitrogens with zero attached hydrogens (tertiary/aromatic N) is 2. The molecule has 0 saturated heterocycles. The Morgan fingerprint density at radius 3 is 2.50 bits per heavy atom. The van der Waals surface area contributed by atoms with E-state index in [1.807, 2.05) is 30.3 Å². The average Bonchev–Trinajstić information content (AvgIpc) is 3.12. The third-order valence-electron chi connectivity index (χ3n) is 3.67. The van der Waals surface area contributed by atoms with Crippen LogP contribution >= 0.6 is 0 Å². The van der Waals surface area contributed by atoms with Gasteiger partial charge in [0.1, 0.15) is 0 Å². The molecule has 2 rings (SSSR count). The topological polar surface area (TPSA) is 101 Å². The second-order valence-electron chi connectivity index (χ2n) is 5.97. The Kier molecular flexibility index (Phi) is 7.02. The van der Waals surface area contributed by atoms with Crippen molar-refractivity contribution in [2.75, 3.05) is 19.5 Å². The van der Waals surface area contributed by atoms with Gasteiger partial charge < -0.3 is 19.9 Å². The van der Waals surface area contributed by atoms with Crippen molar-refractivity contribution < 1.29 is 14.1 Å². The number of anilines is 1. The molecule has 0 spiro atoms. The quantitative estimate of drug-likeness (QED) is 0.542. The number of ether oxygens (including phenoxy) is 1. The van der Waals surface area contributed by atoms with Crippen molar-refractivity contribution in [2.45, 2.75) is 32.9 Å². The highest BCUT2D eigenvalue weighted by molar-refractivity contribution is 5.84. The number of carbonyl (C=O) groups is 1. The monoisotopic (exact) mass is 359 g/mol. The highest BCUT2D eigenvalue weighted by Crippen LogP contribution is 2.13. The van der Waals surface area contributed by atoms with E-state index in [-0.39, 0.29) is 0 Å². The lowest BCUT2D eigenvalue weighted by atomic mass is 10.1. The zero-order valence-corrected chi connectivity index (χ0v) is 15.5. The summed E-state index contributed by atoms with van der Waals surface area (Å²) in [6, 6.07) is 9.39. The number of hydrogen-bond donors (Lipinski definition) is 3. The van der Waals surface area contributed by atoms with E-state index < -0.39 is 6.09 Å². The number of benzene rings is 1. The van der Waals surface area contributed by atoms with Crippen LogP contribution in [-0.4, -0.2) is 31.4 Å². The summed E-state index contributed by atoms with van der Waals surface area (Å²) < 4.78 is 9.85.